The van der Waals surface area contributed by atoms with Gasteiger partial charge in [0.05, 0.1) is 11.0 Å². The predicted molar refractivity (Wildman–Crippen MR) is 72.5 cm³/mol. The van der Waals surface area contributed by atoms with Crippen molar-refractivity contribution < 1.29 is 14.6 Å². The molecule has 1 aromatic carbocycles. The van der Waals surface area contributed by atoms with Crippen LogP contribution >= 0.6 is 0 Å². The number of ether oxygens (including phenoxy) is 1. The van der Waals surface area contributed by atoms with Gasteiger partial charge in [0, 0.05) is 12.0 Å². The number of nitrogens with zero attached hydrogens (tertiary/aromatic N) is 1. The van der Waals surface area contributed by atoms with Crippen LogP contribution in [-0.2, 0) is 4.79 Å². The molecule has 5 heteroatoms. The van der Waals surface area contributed by atoms with Crippen LogP contribution < -0.4 is 4.74 Å². The van der Waals surface area contributed by atoms with Gasteiger partial charge in [-0.3, -0.25) is 0 Å². The van der Waals surface area contributed by atoms with E-state index in [-0.39, 0.29) is 0 Å². The first-order chi connectivity index (χ1) is 8.79. The second-order valence-electron chi connectivity index (χ2n) is 5.37. The summed E-state index contributed by atoms with van der Waals surface area (Å²) in [5.41, 5.74) is 0.445. The third kappa shape index (κ3) is 2.70. The van der Waals surface area contributed by atoms with Gasteiger partial charge in [0.2, 0.25) is 0 Å². The molecule has 0 aliphatic rings. The number of hydrogen-bond donors (Lipinski definition) is 2. The van der Waals surface area contributed by atoms with Crippen LogP contribution in [0.5, 0.6) is 5.75 Å². The number of aromatic nitrogens is 2. The summed E-state index contributed by atoms with van der Waals surface area (Å²) in [6, 6.07) is 5.34. The first-order valence-corrected chi connectivity index (χ1v) is 6.21. The first kappa shape index (κ1) is 13.4. The molecule has 2 N–H and O–H groups in total. The minimum absolute atomic E-state index is 0.312. The number of hydrogen-bond acceptors (Lipinski definition) is 3. The number of carbonyl (C=O) groups is 1. The minimum Gasteiger partial charge on any atom is -0.478 e. The van der Waals surface area contributed by atoms with Crippen molar-refractivity contribution in [1.29, 1.82) is 0 Å². The third-order valence-electron chi connectivity index (χ3n) is 2.91. The summed E-state index contributed by atoms with van der Waals surface area (Å²) in [7, 11) is 0. The van der Waals surface area contributed by atoms with Gasteiger partial charge in [-0.1, -0.05) is 13.8 Å². The van der Waals surface area contributed by atoms with Crippen molar-refractivity contribution in [2.75, 3.05) is 0 Å². The zero-order chi connectivity index (χ0) is 14.2. The van der Waals surface area contributed by atoms with Crippen molar-refractivity contribution in [2.45, 2.75) is 39.2 Å². The normalized spacial score (nSPS) is 12.1. The Bertz CT molecular complexity index is 614. The molecule has 1 aromatic heterocycles. The summed E-state index contributed by atoms with van der Waals surface area (Å²) in [6.45, 7) is 7.16. The highest BCUT2D eigenvalue weighted by atomic mass is 16.5. The fourth-order valence-corrected chi connectivity index (χ4v) is 1.68. The Kier molecular flexibility index (Phi) is 3.22. The lowest BCUT2D eigenvalue weighted by Crippen LogP contribution is -2.37. The summed E-state index contributed by atoms with van der Waals surface area (Å²) < 4.78 is 5.49. The topological polar surface area (TPSA) is 75.2 Å². The standard InChI is InChI=1S/C14H18N2O3/c1-8(2)12-15-10-6-5-9(7-11(10)16-12)19-14(3,4)13(17)18/h5-8H,1-4H3,(H,15,16)(H,17,18). The highest BCUT2D eigenvalue weighted by Crippen LogP contribution is 2.24. The van der Waals surface area contributed by atoms with E-state index in [0.29, 0.717) is 11.7 Å². The Morgan fingerprint density at radius 2 is 2.11 bits per heavy atom. The van der Waals surface area contributed by atoms with E-state index in [4.69, 9.17) is 9.84 Å². The van der Waals surface area contributed by atoms with Crippen molar-refractivity contribution in [3.05, 3.63) is 24.0 Å². The molecule has 19 heavy (non-hydrogen) atoms. The zero-order valence-corrected chi connectivity index (χ0v) is 11.5. The number of fused-ring (bicyclic) bond motifs is 1. The lowest BCUT2D eigenvalue weighted by atomic mass is 10.1. The number of nitrogens with one attached hydrogen (secondary N) is 1. The fraction of sp³-hybridized carbons (Fsp3) is 0.429. The highest BCUT2D eigenvalue weighted by Gasteiger charge is 2.29. The fourth-order valence-electron chi connectivity index (χ4n) is 1.68. The Labute approximate surface area is 111 Å². The number of imidazole rings is 1. The number of carboxylic acid groups (broad SMARTS) is 1. The molecular formula is C14H18N2O3. The molecular weight excluding hydrogens is 244 g/mol. The van der Waals surface area contributed by atoms with Crippen LogP contribution in [0.25, 0.3) is 11.0 Å². The maximum Gasteiger partial charge on any atom is 0.347 e. The second kappa shape index (κ2) is 4.57. The average Bonchev–Trinajstić information content (AvgIpc) is 2.71. The molecule has 0 radical (unpaired) electrons. The average molecular weight is 262 g/mol. The number of rotatable bonds is 4. The van der Waals surface area contributed by atoms with Crippen LogP contribution in [0.2, 0.25) is 0 Å². The van der Waals surface area contributed by atoms with Gasteiger partial charge in [-0.05, 0) is 26.0 Å². The first-order valence-electron chi connectivity index (χ1n) is 6.21. The minimum atomic E-state index is -1.26. The number of aromatic amines is 1. The molecule has 2 aromatic rings. The Hall–Kier alpha value is -2.04. The van der Waals surface area contributed by atoms with Crippen LogP contribution in [-0.4, -0.2) is 26.6 Å². The van der Waals surface area contributed by atoms with Gasteiger partial charge in [-0.2, -0.15) is 0 Å². The zero-order valence-electron chi connectivity index (χ0n) is 11.5. The summed E-state index contributed by atoms with van der Waals surface area (Å²) >= 11 is 0. The molecule has 0 atom stereocenters. The summed E-state index contributed by atoms with van der Waals surface area (Å²) in [5, 5.41) is 9.05. The number of benzene rings is 1. The molecule has 0 aliphatic carbocycles. The molecule has 5 nitrogen and oxygen atoms in total. The third-order valence-corrected chi connectivity index (χ3v) is 2.91. The van der Waals surface area contributed by atoms with Crippen LogP contribution in [0, 0.1) is 0 Å². The van der Waals surface area contributed by atoms with Crippen LogP contribution in [0.3, 0.4) is 0 Å². The molecule has 0 saturated carbocycles. The second-order valence-corrected chi connectivity index (χ2v) is 5.37. The van der Waals surface area contributed by atoms with Crippen molar-refractivity contribution in [1.82, 2.24) is 9.97 Å². The largest absolute Gasteiger partial charge is 0.478 e. The van der Waals surface area contributed by atoms with Crippen LogP contribution in [0.4, 0.5) is 0 Å². The van der Waals surface area contributed by atoms with Gasteiger partial charge in [-0.25, -0.2) is 9.78 Å². The van der Waals surface area contributed by atoms with E-state index >= 15 is 0 Å². The van der Waals surface area contributed by atoms with Crippen molar-refractivity contribution in [3.8, 4) is 5.75 Å². The molecule has 0 bridgehead atoms. The van der Waals surface area contributed by atoms with Crippen molar-refractivity contribution in [3.63, 3.8) is 0 Å². The van der Waals surface area contributed by atoms with Gasteiger partial charge in [0.1, 0.15) is 11.6 Å². The Morgan fingerprint density at radius 3 is 2.68 bits per heavy atom. The van der Waals surface area contributed by atoms with E-state index in [1.54, 1.807) is 12.1 Å². The van der Waals surface area contributed by atoms with Crippen molar-refractivity contribution in [2.24, 2.45) is 0 Å². The number of carboxylic acids is 1. The lowest BCUT2D eigenvalue weighted by Gasteiger charge is -2.21. The van der Waals surface area contributed by atoms with E-state index in [2.05, 4.69) is 23.8 Å². The van der Waals surface area contributed by atoms with Gasteiger partial charge in [-0.15, -0.1) is 0 Å². The van der Waals surface area contributed by atoms with Gasteiger partial charge < -0.3 is 14.8 Å². The van der Waals surface area contributed by atoms with Gasteiger partial charge >= 0.3 is 5.97 Å². The van der Waals surface area contributed by atoms with Crippen molar-refractivity contribution >= 4 is 17.0 Å². The SMILES string of the molecule is CC(C)c1nc2ccc(OC(C)(C)C(=O)O)cc2[nH]1. The van der Waals surface area contributed by atoms with Crippen LogP contribution in [0.1, 0.15) is 39.4 Å². The summed E-state index contributed by atoms with van der Waals surface area (Å²) in [6.07, 6.45) is 0. The molecule has 0 aliphatic heterocycles. The summed E-state index contributed by atoms with van der Waals surface area (Å²) in [4.78, 5) is 18.7. The van der Waals surface area contributed by atoms with E-state index in [0.717, 1.165) is 16.9 Å². The number of H-pyrrole nitrogens is 1. The Morgan fingerprint density at radius 1 is 1.42 bits per heavy atom. The van der Waals surface area contributed by atoms with Crippen LogP contribution in [0.15, 0.2) is 18.2 Å². The maximum atomic E-state index is 11.0. The predicted octanol–water partition coefficient (Wildman–Crippen LogP) is 2.93. The van der Waals surface area contributed by atoms with E-state index in [1.165, 1.54) is 13.8 Å². The molecule has 1 heterocycles. The molecule has 0 fully saturated rings. The molecule has 0 saturated heterocycles. The maximum absolute atomic E-state index is 11.0. The Balaban J connectivity index is 2.34. The molecule has 0 spiro atoms. The van der Waals surface area contributed by atoms with E-state index < -0.39 is 11.6 Å². The van der Waals surface area contributed by atoms with E-state index in [1.807, 2.05) is 6.07 Å². The van der Waals surface area contributed by atoms with Gasteiger partial charge in [0.15, 0.2) is 5.60 Å². The molecule has 0 unspecified atom stereocenters. The summed E-state index contributed by atoms with van der Waals surface area (Å²) in [5.74, 6) is 0.732. The van der Waals surface area contributed by atoms with Gasteiger partial charge in [0.25, 0.3) is 0 Å². The quantitative estimate of drug-likeness (QED) is 0.888. The lowest BCUT2D eigenvalue weighted by molar-refractivity contribution is -0.152. The molecule has 102 valence electrons. The highest BCUT2D eigenvalue weighted by molar-refractivity contribution is 5.79. The molecule has 2 rings (SSSR count). The number of aliphatic carboxylic acids is 1. The molecule has 0 amide bonds. The smallest absolute Gasteiger partial charge is 0.347 e. The van der Waals surface area contributed by atoms with E-state index in [9.17, 15) is 4.79 Å². The monoisotopic (exact) mass is 262 g/mol.